The number of amides is 1. The summed E-state index contributed by atoms with van der Waals surface area (Å²) in [7, 11) is 5.41. The summed E-state index contributed by atoms with van der Waals surface area (Å²) in [4.78, 5) is 37.5. The van der Waals surface area contributed by atoms with Gasteiger partial charge in [-0.15, -0.1) is 0 Å². The van der Waals surface area contributed by atoms with Gasteiger partial charge in [0.25, 0.3) is 12.0 Å². The Kier molecular flexibility index (Phi) is 16.4. The van der Waals surface area contributed by atoms with Crippen LogP contribution >= 0.6 is 0 Å². The normalized spacial score (nSPS) is 12.7. The number of carbonyl (C=O) groups excluding carboxylic acids is 1. The number of fused-ring (bicyclic) bond motifs is 4. The van der Waals surface area contributed by atoms with E-state index in [0.29, 0.717) is 23.1 Å². The van der Waals surface area contributed by atoms with Crippen LogP contribution in [-0.4, -0.2) is 43.8 Å². The van der Waals surface area contributed by atoms with Gasteiger partial charge in [0.15, 0.2) is 0 Å². The summed E-state index contributed by atoms with van der Waals surface area (Å²) in [5.41, 5.74) is 14.0. The van der Waals surface area contributed by atoms with Crippen LogP contribution < -0.4 is 15.4 Å². The van der Waals surface area contributed by atoms with Crippen LogP contribution in [0, 0.1) is 20.8 Å². The molecule has 0 unspecified atom stereocenters. The molecule has 0 aliphatic carbocycles. The van der Waals surface area contributed by atoms with Crippen LogP contribution in [0.2, 0.25) is 0 Å². The van der Waals surface area contributed by atoms with Crippen molar-refractivity contribution in [3.63, 3.8) is 0 Å². The fourth-order valence-electron chi connectivity index (χ4n) is 8.98. The summed E-state index contributed by atoms with van der Waals surface area (Å²) in [6.45, 7) is 18.5. The van der Waals surface area contributed by atoms with Crippen LogP contribution in [0.5, 0.6) is 0 Å². The van der Waals surface area contributed by atoms with Gasteiger partial charge in [-0.2, -0.15) is 5.10 Å². The molecule has 8 aromatic rings. The lowest BCUT2D eigenvalue weighted by molar-refractivity contribution is -0.118. The lowest BCUT2D eigenvalue weighted by Crippen LogP contribution is -2.30. The van der Waals surface area contributed by atoms with Crippen molar-refractivity contribution in [2.45, 2.75) is 94.4 Å². The van der Waals surface area contributed by atoms with Crippen molar-refractivity contribution >= 4 is 44.6 Å². The van der Waals surface area contributed by atoms with Gasteiger partial charge in [-0.3, -0.25) is 24.2 Å². The Bertz CT molecular complexity index is 3120. The summed E-state index contributed by atoms with van der Waals surface area (Å²) in [5.74, 6) is 0.178. The molecule has 11 heteroatoms. The van der Waals surface area contributed by atoms with Gasteiger partial charge in [0.1, 0.15) is 0 Å². The Morgan fingerprint density at radius 1 is 0.632 bits per heavy atom. The molecule has 1 amide bonds. The second kappa shape index (κ2) is 22.2. The predicted octanol–water partition coefficient (Wildman–Crippen LogP) is 13.8. The number of nitrogens with zero attached hydrogens (tertiary/aromatic N) is 7. The molecule has 68 heavy (non-hydrogen) atoms. The van der Waals surface area contributed by atoms with E-state index in [2.05, 4.69) is 69.6 Å². The molecule has 9 nitrogen and oxygen atoms in total. The average molecular weight is 918 g/mol. The first-order chi connectivity index (χ1) is 32.8. The molecule has 354 valence electrons. The molecule has 0 N–H and O–H groups in total. The third-order valence-corrected chi connectivity index (χ3v) is 12.3. The van der Waals surface area contributed by atoms with Crippen molar-refractivity contribution in [2.75, 3.05) is 23.4 Å². The number of anilines is 3. The highest BCUT2D eigenvalue weighted by molar-refractivity contribution is 6.00. The Morgan fingerprint density at radius 2 is 1.37 bits per heavy atom. The zero-order chi connectivity index (χ0) is 49.4. The van der Waals surface area contributed by atoms with Crippen LogP contribution in [0.1, 0.15) is 94.3 Å². The minimum Gasteiger partial charge on any atom is -0.341 e. The zero-order valence-corrected chi connectivity index (χ0v) is 41.7. The van der Waals surface area contributed by atoms with Crippen molar-refractivity contribution in [2.24, 2.45) is 14.1 Å². The van der Waals surface area contributed by atoms with Crippen molar-refractivity contribution in [3.8, 4) is 33.5 Å². The van der Waals surface area contributed by atoms with Crippen molar-refractivity contribution < 1.29 is 13.6 Å². The van der Waals surface area contributed by atoms with Crippen molar-refractivity contribution in [1.82, 2.24) is 24.3 Å². The Morgan fingerprint density at radius 3 is 2.06 bits per heavy atom. The number of rotatable bonds is 5. The van der Waals surface area contributed by atoms with Gasteiger partial charge >= 0.3 is 0 Å². The molecule has 0 radical (unpaired) electrons. The van der Waals surface area contributed by atoms with Gasteiger partial charge in [0, 0.05) is 103 Å². The molecule has 0 atom stereocenters. The Hall–Kier alpha value is -7.01. The summed E-state index contributed by atoms with van der Waals surface area (Å²) in [6.07, 6.45) is 7.71. The average Bonchev–Trinajstić information content (AvgIpc) is 3.81. The second-order valence-corrected chi connectivity index (χ2v) is 16.5. The van der Waals surface area contributed by atoms with Gasteiger partial charge in [-0.1, -0.05) is 65.8 Å². The number of alkyl halides is 2. The topological polar surface area (TPSA) is 89.2 Å². The van der Waals surface area contributed by atoms with E-state index in [1.54, 1.807) is 46.7 Å². The second-order valence-electron chi connectivity index (χ2n) is 16.5. The third kappa shape index (κ3) is 10.3. The molecular formula is C57H65F2N7O2. The van der Waals surface area contributed by atoms with Gasteiger partial charge in [-0.05, 0) is 139 Å². The van der Waals surface area contributed by atoms with Crippen LogP contribution in [0.4, 0.5) is 25.8 Å². The number of halogens is 2. The molecule has 0 bridgehead atoms. The van der Waals surface area contributed by atoms with E-state index in [1.807, 2.05) is 106 Å². The predicted molar refractivity (Wildman–Crippen MR) is 279 cm³/mol. The van der Waals surface area contributed by atoms with Gasteiger partial charge in [0.05, 0.1) is 23.1 Å². The zero-order valence-electron chi connectivity index (χ0n) is 41.7. The number of hydrogen-bond acceptors (Lipinski definition) is 6. The van der Waals surface area contributed by atoms with E-state index in [4.69, 9.17) is 4.98 Å². The molecule has 0 saturated heterocycles. The molecule has 2 aliphatic heterocycles. The fraction of sp³-hybridized carbons (Fsp3) is 0.316. The van der Waals surface area contributed by atoms with Crippen LogP contribution in [0.15, 0.2) is 115 Å². The summed E-state index contributed by atoms with van der Waals surface area (Å²) in [5, 5.41) is 7.39. The highest BCUT2D eigenvalue weighted by Crippen LogP contribution is 2.43. The monoisotopic (exact) mass is 918 g/mol. The maximum Gasteiger partial charge on any atom is 0.264 e. The smallest absolute Gasteiger partial charge is 0.264 e. The number of aryl methyl sites for hydroxylation is 7. The minimum absolute atomic E-state index is 0.00851. The SMILES string of the molecule is CC.CC.CC.Cc1cc(N2CCCc3cc(-c4cnn(C)c4)c(C(F)F)cc32)c2cc(C)c(=O)n(C)c2c1.Cc1ccc(-c2cc3cccc(-c4ccc5c(c4)CCC(=O)N5C)c3cn2)cn1. The van der Waals surface area contributed by atoms with E-state index < -0.39 is 6.43 Å². The van der Waals surface area contributed by atoms with E-state index >= 15 is 0 Å². The first-order valence-electron chi connectivity index (χ1n) is 23.9. The molecule has 4 aromatic heterocycles. The highest BCUT2D eigenvalue weighted by Gasteiger charge is 2.27. The lowest BCUT2D eigenvalue weighted by Gasteiger charge is -2.34. The number of hydrogen-bond donors (Lipinski definition) is 0. The largest absolute Gasteiger partial charge is 0.341 e. The van der Waals surface area contributed by atoms with E-state index in [-0.39, 0.29) is 17.0 Å². The first kappa shape index (κ1) is 50.4. The molecule has 4 aromatic carbocycles. The van der Waals surface area contributed by atoms with Gasteiger partial charge in [-0.25, -0.2) is 8.78 Å². The maximum absolute atomic E-state index is 14.2. The third-order valence-electron chi connectivity index (χ3n) is 12.3. The lowest BCUT2D eigenvalue weighted by atomic mass is 9.92. The Balaban J connectivity index is 0.000000203. The van der Waals surface area contributed by atoms with E-state index in [1.165, 1.54) is 5.56 Å². The molecule has 0 saturated carbocycles. The molecule has 6 heterocycles. The molecule has 2 aliphatic rings. The number of aromatic nitrogens is 5. The standard InChI is InChI=1S/C26H26F2N4O.C25H21N3O.3C2H6/c1-15-8-23-21(10-16(2)26(33)31(23)4)24(9-15)32-7-5-6-17-11-19(18-13-29-30(3)14-18)20(25(27)28)12-22(17)32;1-16-6-7-20(14-26-16)23-13-17-4-3-5-21(22(17)15-27-23)18-8-10-24-19(12-18)9-11-25(29)28(24)2;3*1-2/h8-14,25H,5-7H2,1-4H3;3-8,10,12-15H,9,11H2,1-2H3;3*1-2H3. The number of carbonyl (C=O) groups is 1. The molecule has 0 fully saturated rings. The number of benzene rings is 4. The Labute approximate surface area is 400 Å². The molecular weight excluding hydrogens is 853 g/mol. The summed E-state index contributed by atoms with van der Waals surface area (Å²) in [6, 6.07) is 28.4. The van der Waals surface area contributed by atoms with E-state index in [0.717, 1.165) is 104 Å². The molecule has 0 spiro atoms. The quantitative estimate of drug-likeness (QED) is 0.171. The van der Waals surface area contributed by atoms with Crippen molar-refractivity contribution in [3.05, 3.63) is 154 Å². The first-order valence-corrected chi connectivity index (χ1v) is 23.9. The van der Waals surface area contributed by atoms with E-state index in [9.17, 15) is 18.4 Å². The van der Waals surface area contributed by atoms with Crippen LogP contribution in [-0.2, 0) is 31.7 Å². The van der Waals surface area contributed by atoms with Gasteiger partial charge in [0.2, 0.25) is 5.91 Å². The van der Waals surface area contributed by atoms with Gasteiger partial charge < -0.3 is 14.4 Å². The summed E-state index contributed by atoms with van der Waals surface area (Å²) < 4.78 is 31.7. The number of pyridine rings is 3. The van der Waals surface area contributed by atoms with Crippen molar-refractivity contribution in [1.29, 1.82) is 0 Å². The fourth-order valence-corrected chi connectivity index (χ4v) is 8.98. The maximum atomic E-state index is 14.2. The van der Waals surface area contributed by atoms with Crippen LogP contribution in [0.25, 0.3) is 55.2 Å². The highest BCUT2D eigenvalue weighted by atomic mass is 19.3. The minimum atomic E-state index is -2.60. The summed E-state index contributed by atoms with van der Waals surface area (Å²) >= 11 is 0. The molecule has 10 rings (SSSR count). The van der Waals surface area contributed by atoms with Crippen LogP contribution in [0.3, 0.4) is 0 Å².